The average molecular weight is 456 g/mol. The van der Waals surface area contributed by atoms with Crippen molar-refractivity contribution >= 4 is 18.0 Å². The number of nitrogens with one attached hydrogen (secondary N) is 1. The molecule has 3 aromatic carbocycles. The van der Waals surface area contributed by atoms with Crippen LogP contribution < -0.4 is 14.8 Å². The number of rotatable bonds is 9. The molecular weight excluding hydrogens is 432 g/mol. The summed E-state index contributed by atoms with van der Waals surface area (Å²) in [6, 6.07) is 23.6. The third kappa shape index (κ3) is 6.31. The van der Waals surface area contributed by atoms with Crippen LogP contribution in [0, 0.1) is 11.3 Å². The smallest absolute Gasteiger partial charge is 0.343 e. The minimum atomic E-state index is -0.531. The first-order valence-corrected chi connectivity index (χ1v) is 10.5. The maximum absolute atomic E-state index is 12.7. The van der Waals surface area contributed by atoms with Gasteiger partial charge in [-0.05, 0) is 47.0 Å². The number of nitriles is 1. The highest BCUT2D eigenvalue weighted by molar-refractivity contribution is 6.01. The van der Waals surface area contributed by atoms with Gasteiger partial charge in [-0.15, -0.1) is 0 Å². The fraction of sp³-hybridized carbons (Fsp3) is 0.148. The molecule has 3 aromatic rings. The zero-order valence-corrected chi connectivity index (χ0v) is 18.9. The summed E-state index contributed by atoms with van der Waals surface area (Å²) in [5, 5.41) is 11.9. The fourth-order valence-electron chi connectivity index (χ4n) is 3.12. The van der Waals surface area contributed by atoms with E-state index in [9.17, 15) is 14.9 Å². The summed E-state index contributed by atoms with van der Waals surface area (Å²) in [5.74, 6) is -0.524. The number of benzene rings is 3. The molecule has 7 nitrogen and oxygen atoms in total. The van der Waals surface area contributed by atoms with Crippen LogP contribution in [-0.4, -0.2) is 39.2 Å². The van der Waals surface area contributed by atoms with Crippen molar-refractivity contribution in [3.8, 4) is 28.7 Å². The van der Waals surface area contributed by atoms with Gasteiger partial charge in [0.25, 0.3) is 5.91 Å². The molecule has 0 radical (unpaired) electrons. The summed E-state index contributed by atoms with van der Waals surface area (Å²) in [6.07, 6.45) is 1.43. The van der Waals surface area contributed by atoms with E-state index in [1.807, 2.05) is 48.5 Å². The lowest BCUT2D eigenvalue weighted by molar-refractivity contribution is -0.117. The van der Waals surface area contributed by atoms with Gasteiger partial charge in [0, 0.05) is 13.7 Å². The van der Waals surface area contributed by atoms with Gasteiger partial charge in [0.1, 0.15) is 11.6 Å². The first-order valence-electron chi connectivity index (χ1n) is 10.5. The molecule has 0 aliphatic heterocycles. The van der Waals surface area contributed by atoms with Crippen molar-refractivity contribution < 1.29 is 23.8 Å². The van der Waals surface area contributed by atoms with E-state index in [-0.39, 0.29) is 11.3 Å². The van der Waals surface area contributed by atoms with E-state index in [0.717, 1.165) is 11.1 Å². The molecule has 0 spiro atoms. The van der Waals surface area contributed by atoms with Gasteiger partial charge >= 0.3 is 5.97 Å². The van der Waals surface area contributed by atoms with E-state index in [0.29, 0.717) is 30.0 Å². The average Bonchev–Trinajstić information content (AvgIpc) is 2.88. The molecule has 0 saturated heterocycles. The molecule has 0 aliphatic carbocycles. The second kappa shape index (κ2) is 12.0. The van der Waals surface area contributed by atoms with E-state index >= 15 is 0 Å². The third-order valence-corrected chi connectivity index (χ3v) is 4.89. The highest BCUT2D eigenvalue weighted by atomic mass is 16.6. The standard InChI is InChI=1S/C27H24N2O5/c1-32-15-14-29-26(30)23(18-28)16-19-8-13-24(25(17-19)33-2)34-27(31)22-11-9-21(10-12-22)20-6-4-3-5-7-20/h3-13,16-17H,14-15H2,1-2H3,(H,29,30)/b23-16+. The van der Waals surface area contributed by atoms with Gasteiger partial charge < -0.3 is 19.5 Å². The molecular formula is C27H24N2O5. The molecule has 1 amide bonds. The van der Waals surface area contributed by atoms with Crippen molar-refractivity contribution in [2.24, 2.45) is 0 Å². The van der Waals surface area contributed by atoms with Gasteiger partial charge in [-0.1, -0.05) is 48.5 Å². The Bertz CT molecular complexity index is 1210. The van der Waals surface area contributed by atoms with Crippen LogP contribution in [0.1, 0.15) is 15.9 Å². The lowest BCUT2D eigenvalue weighted by Crippen LogP contribution is -2.27. The highest BCUT2D eigenvalue weighted by Crippen LogP contribution is 2.30. The van der Waals surface area contributed by atoms with Gasteiger partial charge in [0.2, 0.25) is 0 Å². The zero-order valence-electron chi connectivity index (χ0n) is 18.9. The van der Waals surface area contributed by atoms with E-state index < -0.39 is 11.9 Å². The molecule has 34 heavy (non-hydrogen) atoms. The molecule has 0 fully saturated rings. The second-order valence-corrected chi connectivity index (χ2v) is 7.16. The van der Waals surface area contributed by atoms with Gasteiger partial charge in [0.15, 0.2) is 11.5 Å². The first kappa shape index (κ1) is 24.2. The van der Waals surface area contributed by atoms with Crippen molar-refractivity contribution in [2.75, 3.05) is 27.4 Å². The van der Waals surface area contributed by atoms with E-state index in [4.69, 9.17) is 14.2 Å². The minimum Gasteiger partial charge on any atom is -0.493 e. The highest BCUT2D eigenvalue weighted by Gasteiger charge is 2.14. The van der Waals surface area contributed by atoms with E-state index in [1.54, 1.807) is 30.3 Å². The normalized spacial score (nSPS) is 10.8. The van der Waals surface area contributed by atoms with Crippen LogP contribution in [0.5, 0.6) is 11.5 Å². The molecule has 172 valence electrons. The summed E-state index contributed by atoms with van der Waals surface area (Å²) >= 11 is 0. The molecule has 0 aliphatic rings. The van der Waals surface area contributed by atoms with Crippen LogP contribution in [0.15, 0.2) is 78.4 Å². The van der Waals surface area contributed by atoms with Crippen molar-refractivity contribution in [2.45, 2.75) is 0 Å². The second-order valence-electron chi connectivity index (χ2n) is 7.16. The lowest BCUT2D eigenvalue weighted by atomic mass is 10.0. The number of hydrogen-bond donors (Lipinski definition) is 1. The van der Waals surface area contributed by atoms with Crippen LogP contribution in [-0.2, 0) is 9.53 Å². The number of carbonyl (C=O) groups excluding carboxylic acids is 2. The van der Waals surface area contributed by atoms with E-state index in [2.05, 4.69) is 5.32 Å². The fourth-order valence-corrected chi connectivity index (χ4v) is 3.12. The summed E-state index contributed by atoms with van der Waals surface area (Å²) in [6.45, 7) is 0.631. The van der Waals surface area contributed by atoms with Crippen LogP contribution in [0.3, 0.4) is 0 Å². The molecule has 1 N–H and O–H groups in total. The maximum atomic E-state index is 12.7. The van der Waals surface area contributed by atoms with Crippen LogP contribution >= 0.6 is 0 Å². The number of methoxy groups -OCH3 is 2. The number of amides is 1. The van der Waals surface area contributed by atoms with Gasteiger partial charge in [0.05, 0.1) is 19.3 Å². The number of nitrogens with zero attached hydrogens (tertiary/aromatic N) is 1. The maximum Gasteiger partial charge on any atom is 0.343 e. The molecule has 7 heteroatoms. The minimum absolute atomic E-state index is 0.0681. The largest absolute Gasteiger partial charge is 0.493 e. The van der Waals surface area contributed by atoms with Crippen molar-refractivity contribution in [3.63, 3.8) is 0 Å². The number of esters is 1. The summed E-state index contributed by atoms with van der Waals surface area (Å²) in [7, 11) is 2.96. The number of ether oxygens (including phenoxy) is 3. The Labute approximate surface area is 198 Å². The molecule has 0 heterocycles. The predicted molar refractivity (Wildman–Crippen MR) is 128 cm³/mol. The van der Waals surface area contributed by atoms with Crippen molar-refractivity contribution in [3.05, 3.63) is 89.5 Å². The quantitative estimate of drug-likeness (QED) is 0.170. The first-order chi connectivity index (χ1) is 16.5. The topological polar surface area (TPSA) is 97.6 Å². The Morgan fingerprint density at radius 2 is 1.65 bits per heavy atom. The third-order valence-electron chi connectivity index (χ3n) is 4.89. The van der Waals surface area contributed by atoms with Crippen molar-refractivity contribution in [1.82, 2.24) is 5.32 Å². The van der Waals surface area contributed by atoms with Gasteiger partial charge in [-0.2, -0.15) is 5.26 Å². The number of carbonyl (C=O) groups is 2. The SMILES string of the molecule is COCCNC(=O)/C(C#N)=C/c1ccc(OC(=O)c2ccc(-c3ccccc3)cc2)c(OC)c1. The van der Waals surface area contributed by atoms with Crippen molar-refractivity contribution in [1.29, 1.82) is 5.26 Å². The van der Waals surface area contributed by atoms with E-state index in [1.165, 1.54) is 20.3 Å². The molecule has 0 unspecified atom stereocenters. The monoisotopic (exact) mass is 456 g/mol. The summed E-state index contributed by atoms with van der Waals surface area (Å²) < 4.78 is 15.8. The Morgan fingerprint density at radius 3 is 2.29 bits per heavy atom. The van der Waals surface area contributed by atoms with Crippen LogP contribution in [0.2, 0.25) is 0 Å². The molecule has 3 rings (SSSR count). The Balaban J connectivity index is 1.73. The lowest BCUT2D eigenvalue weighted by Gasteiger charge is -2.11. The Hall–Kier alpha value is -4.41. The Morgan fingerprint density at radius 1 is 0.941 bits per heavy atom. The molecule has 0 atom stereocenters. The zero-order chi connectivity index (χ0) is 24.3. The summed E-state index contributed by atoms with van der Waals surface area (Å²) in [5.41, 5.74) is 2.91. The predicted octanol–water partition coefficient (Wildman–Crippen LogP) is 4.25. The van der Waals surface area contributed by atoms with Crippen LogP contribution in [0.4, 0.5) is 0 Å². The van der Waals surface area contributed by atoms with Gasteiger partial charge in [-0.25, -0.2) is 4.79 Å². The molecule has 0 saturated carbocycles. The molecule has 0 bridgehead atoms. The Kier molecular flexibility index (Phi) is 8.55. The molecule has 0 aromatic heterocycles. The van der Waals surface area contributed by atoms with Crippen LogP contribution in [0.25, 0.3) is 17.2 Å². The summed E-state index contributed by atoms with van der Waals surface area (Å²) in [4.78, 5) is 24.8. The van der Waals surface area contributed by atoms with Gasteiger partial charge in [-0.3, -0.25) is 4.79 Å². The number of hydrogen-bond acceptors (Lipinski definition) is 6.